The van der Waals surface area contributed by atoms with Crippen LogP contribution in [0.2, 0.25) is 0 Å². The Morgan fingerprint density at radius 2 is 1.96 bits per heavy atom. The maximum Gasteiger partial charge on any atom is 0.217 e. The highest BCUT2D eigenvalue weighted by Crippen LogP contribution is 2.64. The summed E-state index contributed by atoms with van der Waals surface area (Å²) >= 11 is 0. The highest BCUT2D eigenvalue weighted by atomic mass is 16.3. The van der Waals surface area contributed by atoms with E-state index in [2.05, 4.69) is 20.4 Å². The van der Waals surface area contributed by atoms with Gasteiger partial charge >= 0.3 is 0 Å². The van der Waals surface area contributed by atoms with Crippen LogP contribution < -0.4 is 5.73 Å². The van der Waals surface area contributed by atoms with Crippen molar-refractivity contribution < 1.29 is 15.0 Å². The van der Waals surface area contributed by atoms with Crippen LogP contribution in [0.4, 0.5) is 0 Å². The molecule has 0 spiro atoms. The Labute approximate surface area is 151 Å². The van der Waals surface area contributed by atoms with Crippen molar-refractivity contribution in [1.29, 1.82) is 0 Å². The smallest absolute Gasteiger partial charge is 0.217 e. The van der Waals surface area contributed by atoms with Crippen LogP contribution in [0.5, 0.6) is 0 Å². The van der Waals surface area contributed by atoms with Crippen molar-refractivity contribution in [3.05, 3.63) is 12.2 Å². The molecule has 0 aromatic heterocycles. The highest BCUT2D eigenvalue weighted by Gasteiger charge is 2.56. The van der Waals surface area contributed by atoms with E-state index in [1.807, 2.05) is 0 Å². The van der Waals surface area contributed by atoms with E-state index in [1.165, 1.54) is 5.57 Å². The third-order valence-corrected chi connectivity index (χ3v) is 8.40. The SMILES string of the molecule is C=C1CC[C@H]2[C@H](CC(N)=O)[C@@H]([C@]3(C)CC[C@H](O)C[C@@H]3CO)CC[C@]12C. The number of aliphatic hydroxyl groups is 2. The Morgan fingerprint density at radius 3 is 2.60 bits per heavy atom. The van der Waals surface area contributed by atoms with Crippen molar-refractivity contribution in [2.75, 3.05) is 6.61 Å². The van der Waals surface area contributed by atoms with E-state index in [9.17, 15) is 15.0 Å². The van der Waals surface area contributed by atoms with Crippen LogP contribution >= 0.6 is 0 Å². The van der Waals surface area contributed by atoms with Gasteiger partial charge in [-0.1, -0.05) is 26.0 Å². The van der Waals surface area contributed by atoms with E-state index in [-0.39, 0.29) is 41.3 Å². The number of primary amides is 1. The first-order chi connectivity index (χ1) is 11.7. The lowest BCUT2D eigenvalue weighted by molar-refractivity contribution is -0.126. The average molecular weight is 350 g/mol. The van der Waals surface area contributed by atoms with Gasteiger partial charge in [-0.2, -0.15) is 0 Å². The fourth-order valence-corrected chi connectivity index (χ4v) is 6.70. The summed E-state index contributed by atoms with van der Waals surface area (Å²) in [7, 11) is 0. The number of carbonyl (C=O) groups is 1. The lowest BCUT2D eigenvalue weighted by atomic mass is 9.49. The maximum absolute atomic E-state index is 11.9. The summed E-state index contributed by atoms with van der Waals surface area (Å²) in [6, 6.07) is 0. The molecule has 3 rings (SSSR count). The molecule has 25 heavy (non-hydrogen) atoms. The van der Waals surface area contributed by atoms with Gasteiger partial charge in [0.05, 0.1) is 6.10 Å². The van der Waals surface area contributed by atoms with Gasteiger partial charge in [0.1, 0.15) is 0 Å². The number of fused-ring (bicyclic) bond motifs is 1. The number of hydrogen-bond acceptors (Lipinski definition) is 3. The number of rotatable bonds is 4. The van der Waals surface area contributed by atoms with Gasteiger partial charge in [0, 0.05) is 13.0 Å². The number of nitrogens with two attached hydrogens (primary N) is 1. The van der Waals surface area contributed by atoms with E-state index in [0.717, 1.165) is 38.5 Å². The Balaban J connectivity index is 1.94. The molecule has 3 fully saturated rings. The average Bonchev–Trinajstić information content (AvgIpc) is 2.85. The van der Waals surface area contributed by atoms with E-state index >= 15 is 0 Å². The Hall–Kier alpha value is -0.870. The van der Waals surface area contributed by atoms with Crippen molar-refractivity contribution in [3.8, 4) is 0 Å². The molecule has 0 bridgehead atoms. The molecule has 0 aliphatic heterocycles. The van der Waals surface area contributed by atoms with Crippen LogP contribution in [0.25, 0.3) is 0 Å². The topological polar surface area (TPSA) is 83.6 Å². The van der Waals surface area contributed by atoms with Crippen molar-refractivity contribution in [2.24, 2.45) is 40.2 Å². The molecule has 3 saturated carbocycles. The minimum atomic E-state index is -0.306. The molecule has 142 valence electrons. The van der Waals surface area contributed by atoms with Crippen LogP contribution in [-0.2, 0) is 4.79 Å². The summed E-state index contributed by atoms with van der Waals surface area (Å²) in [6.07, 6.45) is 6.86. The quantitative estimate of drug-likeness (QED) is 0.682. The minimum absolute atomic E-state index is 0.0284. The first-order valence-corrected chi connectivity index (χ1v) is 9.98. The molecule has 4 N–H and O–H groups in total. The molecule has 3 aliphatic carbocycles. The Bertz CT molecular complexity index is 547. The number of aliphatic hydroxyl groups excluding tert-OH is 2. The van der Waals surface area contributed by atoms with E-state index < -0.39 is 0 Å². The number of hydrogen-bond donors (Lipinski definition) is 3. The molecule has 7 atom stereocenters. The third kappa shape index (κ3) is 3.06. The largest absolute Gasteiger partial charge is 0.396 e. The normalized spacial score (nSPS) is 47.5. The molecule has 4 heteroatoms. The molecule has 0 unspecified atom stereocenters. The zero-order valence-electron chi connectivity index (χ0n) is 15.8. The van der Waals surface area contributed by atoms with Crippen LogP contribution in [0.15, 0.2) is 12.2 Å². The zero-order chi connectivity index (χ0) is 18.4. The summed E-state index contributed by atoms with van der Waals surface area (Å²) in [5.74, 6) is 1.01. The number of amides is 1. The fourth-order valence-electron chi connectivity index (χ4n) is 6.70. The van der Waals surface area contributed by atoms with Gasteiger partial charge < -0.3 is 15.9 Å². The molecule has 0 saturated heterocycles. The van der Waals surface area contributed by atoms with Crippen LogP contribution in [0, 0.1) is 34.5 Å². The van der Waals surface area contributed by atoms with Crippen molar-refractivity contribution in [2.45, 2.75) is 71.3 Å². The zero-order valence-corrected chi connectivity index (χ0v) is 15.8. The minimum Gasteiger partial charge on any atom is -0.396 e. The standard InChI is InChI=1S/C21H35NO3/c1-13-4-5-17-16(11-19(22)25)18(7-9-20(13,17)2)21(3)8-6-15(24)10-14(21)12-23/h14-18,23-24H,1,4-12H2,2-3H3,(H2,22,25)/t14-,15+,16+,17+,18+,20-,21-/m1/s1. The van der Waals surface area contributed by atoms with Gasteiger partial charge in [0.25, 0.3) is 0 Å². The molecule has 0 aromatic carbocycles. The van der Waals surface area contributed by atoms with Crippen molar-refractivity contribution in [1.82, 2.24) is 0 Å². The second-order valence-corrected chi connectivity index (χ2v) is 9.46. The first-order valence-electron chi connectivity index (χ1n) is 9.98. The molecule has 0 heterocycles. The summed E-state index contributed by atoms with van der Waals surface area (Å²) < 4.78 is 0. The molecule has 0 radical (unpaired) electrons. The maximum atomic E-state index is 11.9. The molecular formula is C21H35NO3. The van der Waals surface area contributed by atoms with Gasteiger partial charge in [-0.3, -0.25) is 4.79 Å². The Morgan fingerprint density at radius 1 is 1.24 bits per heavy atom. The van der Waals surface area contributed by atoms with Gasteiger partial charge in [-0.15, -0.1) is 0 Å². The lowest BCUT2D eigenvalue weighted by Gasteiger charge is -2.56. The number of allylic oxidation sites excluding steroid dienone is 1. The van der Waals surface area contributed by atoms with E-state index in [0.29, 0.717) is 24.7 Å². The third-order valence-electron chi connectivity index (χ3n) is 8.40. The Kier molecular flexibility index (Phi) is 5.06. The van der Waals surface area contributed by atoms with Gasteiger partial charge in [-0.05, 0) is 79.4 Å². The van der Waals surface area contributed by atoms with E-state index in [4.69, 9.17) is 5.73 Å². The van der Waals surface area contributed by atoms with Crippen LogP contribution in [0.1, 0.15) is 65.2 Å². The second-order valence-electron chi connectivity index (χ2n) is 9.46. The molecule has 4 nitrogen and oxygen atoms in total. The number of carbonyl (C=O) groups excluding carboxylic acids is 1. The van der Waals surface area contributed by atoms with Crippen LogP contribution in [-0.4, -0.2) is 28.8 Å². The van der Waals surface area contributed by atoms with Crippen LogP contribution in [0.3, 0.4) is 0 Å². The van der Waals surface area contributed by atoms with Gasteiger partial charge in [0.2, 0.25) is 5.91 Å². The summed E-state index contributed by atoms with van der Waals surface area (Å²) in [4.78, 5) is 11.9. The monoisotopic (exact) mass is 349 g/mol. The van der Waals surface area contributed by atoms with Gasteiger partial charge in [0.15, 0.2) is 0 Å². The predicted molar refractivity (Wildman–Crippen MR) is 98.5 cm³/mol. The van der Waals surface area contributed by atoms with Gasteiger partial charge in [-0.25, -0.2) is 0 Å². The molecule has 3 aliphatic rings. The predicted octanol–water partition coefficient (Wildman–Crippen LogP) is 3.02. The fraction of sp³-hybridized carbons (Fsp3) is 0.857. The lowest BCUT2D eigenvalue weighted by Crippen LogP contribution is -2.51. The van der Waals surface area contributed by atoms with Crippen molar-refractivity contribution in [3.63, 3.8) is 0 Å². The summed E-state index contributed by atoms with van der Waals surface area (Å²) in [5, 5.41) is 20.1. The molecule has 1 amide bonds. The molecular weight excluding hydrogens is 314 g/mol. The first kappa shape index (κ1) is 18.9. The van der Waals surface area contributed by atoms with Crippen molar-refractivity contribution >= 4 is 5.91 Å². The summed E-state index contributed by atoms with van der Waals surface area (Å²) in [5.41, 5.74) is 7.10. The highest BCUT2D eigenvalue weighted by molar-refractivity contribution is 5.74. The summed E-state index contributed by atoms with van der Waals surface area (Å²) in [6.45, 7) is 9.05. The molecule has 0 aromatic rings. The second kappa shape index (κ2) is 6.70. The van der Waals surface area contributed by atoms with E-state index in [1.54, 1.807) is 0 Å².